The van der Waals surface area contributed by atoms with Crippen molar-refractivity contribution in [3.63, 3.8) is 0 Å². The number of rotatable bonds is 4. The van der Waals surface area contributed by atoms with Crippen molar-refractivity contribution >= 4 is 11.6 Å². The lowest BCUT2D eigenvalue weighted by Crippen LogP contribution is -2.41. The Morgan fingerprint density at radius 2 is 2.26 bits per heavy atom. The molecule has 0 fully saturated rings. The van der Waals surface area contributed by atoms with Crippen molar-refractivity contribution in [3.8, 4) is 0 Å². The molecule has 2 rings (SSSR count). The highest BCUT2D eigenvalue weighted by atomic mass is 16.5. The average molecular weight is 262 g/mol. The minimum atomic E-state index is -0.197. The number of ether oxygens (including phenoxy) is 1. The summed E-state index contributed by atoms with van der Waals surface area (Å²) in [6.45, 7) is 3.32. The van der Waals surface area contributed by atoms with Crippen molar-refractivity contribution in [2.75, 3.05) is 25.1 Å². The molecule has 1 aliphatic heterocycles. The molecule has 4 nitrogen and oxygen atoms in total. The lowest BCUT2D eigenvalue weighted by atomic mass is 9.93. The second-order valence-electron chi connectivity index (χ2n) is 5.24. The summed E-state index contributed by atoms with van der Waals surface area (Å²) in [5.74, 6) is 0.578. The van der Waals surface area contributed by atoms with Crippen LogP contribution in [-0.2, 0) is 16.0 Å². The van der Waals surface area contributed by atoms with E-state index in [2.05, 4.69) is 13.0 Å². The Bertz CT molecular complexity index is 444. The maximum atomic E-state index is 12.4. The Balaban J connectivity index is 2.18. The minimum absolute atomic E-state index is 0.0938. The lowest BCUT2D eigenvalue weighted by molar-refractivity contribution is -0.121. The zero-order chi connectivity index (χ0) is 13.8. The lowest BCUT2D eigenvalue weighted by Gasteiger charge is -2.33. The third-order valence-corrected chi connectivity index (χ3v) is 3.64. The second kappa shape index (κ2) is 6.17. The number of nitrogens with zero attached hydrogens (tertiary/aromatic N) is 1. The van der Waals surface area contributed by atoms with Gasteiger partial charge in [-0.05, 0) is 24.0 Å². The molecule has 2 unspecified atom stereocenters. The summed E-state index contributed by atoms with van der Waals surface area (Å²) in [5.41, 5.74) is 7.87. The van der Waals surface area contributed by atoms with Gasteiger partial charge in [0.05, 0.1) is 12.5 Å². The number of carbonyl (C=O) groups is 1. The van der Waals surface area contributed by atoms with Crippen molar-refractivity contribution < 1.29 is 9.53 Å². The molecule has 1 aromatic carbocycles. The summed E-state index contributed by atoms with van der Waals surface area (Å²) in [6, 6.07) is 8.12. The first-order valence-corrected chi connectivity index (χ1v) is 6.76. The van der Waals surface area contributed by atoms with E-state index in [1.165, 1.54) is 5.56 Å². The van der Waals surface area contributed by atoms with Gasteiger partial charge in [-0.25, -0.2) is 0 Å². The Morgan fingerprint density at radius 3 is 2.95 bits per heavy atom. The summed E-state index contributed by atoms with van der Waals surface area (Å²) in [7, 11) is 1.59. The summed E-state index contributed by atoms with van der Waals surface area (Å²) >= 11 is 0. The van der Waals surface area contributed by atoms with Gasteiger partial charge in [-0.1, -0.05) is 25.1 Å². The van der Waals surface area contributed by atoms with E-state index in [9.17, 15) is 4.79 Å². The second-order valence-corrected chi connectivity index (χ2v) is 5.24. The van der Waals surface area contributed by atoms with Crippen LogP contribution in [0.15, 0.2) is 24.3 Å². The van der Waals surface area contributed by atoms with E-state index in [1.807, 2.05) is 23.1 Å². The Kier molecular flexibility index (Phi) is 4.56. The summed E-state index contributed by atoms with van der Waals surface area (Å²) in [5, 5.41) is 0. The highest BCUT2D eigenvalue weighted by Gasteiger charge is 2.27. The largest absolute Gasteiger partial charge is 0.380 e. The molecule has 4 heteroatoms. The van der Waals surface area contributed by atoms with Gasteiger partial charge in [0.25, 0.3) is 0 Å². The highest BCUT2D eigenvalue weighted by molar-refractivity contribution is 5.94. The molecule has 104 valence electrons. The molecule has 0 radical (unpaired) electrons. The summed E-state index contributed by atoms with van der Waals surface area (Å²) < 4.78 is 5.20. The van der Waals surface area contributed by atoms with Crippen molar-refractivity contribution in [2.24, 2.45) is 11.7 Å². The Hall–Kier alpha value is -1.39. The fourth-order valence-electron chi connectivity index (χ4n) is 2.60. The van der Waals surface area contributed by atoms with Crippen LogP contribution < -0.4 is 10.6 Å². The molecule has 1 heterocycles. The van der Waals surface area contributed by atoms with E-state index in [-0.39, 0.29) is 12.0 Å². The number of amides is 1. The van der Waals surface area contributed by atoms with E-state index < -0.39 is 0 Å². The molecular formula is C15H22N2O2. The van der Waals surface area contributed by atoms with Crippen LogP contribution in [0, 0.1) is 5.92 Å². The van der Waals surface area contributed by atoms with Crippen LogP contribution in [0.4, 0.5) is 5.69 Å². The van der Waals surface area contributed by atoms with Gasteiger partial charge in [0, 0.05) is 25.9 Å². The fourth-order valence-corrected chi connectivity index (χ4v) is 2.60. The number of hydrogen-bond acceptors (Lipinski definition) is 3. The van der Waals surface area contributed by atoms with Gasteiger partial charge >= 0.3 is 0 Å². The molecule has 0 saturated heterocycles. The van der Waals surface area contributed by atoms with Crippen LogP contribution in [0.25, 0.3) is 0 Å². The zero-order valence-corrected chi connectivity index (χ0v) is 11.6. The normalized spacial score (nSPS) is 19.9. The molecule has 2 N–H and O–H groups in total. The minimum Gasteiger partial charge on any atom is -0.380 e. The van der Waals surface area contributed by atoms with E-state index in [4.69, 9.17) is 10.5 Å². The Morgan fingerprint density at radius 1 is 1.53 bits per heavy atom. The third-order valence-electron chi connectivity index (χ3n) is 3.64. The molecule has 1 amide bonds. The van der Waals surface area contributed by atoms with E-state index in [1.54, 1.807) is 7.11 Å². The van der Waals surface area contributed by atoms with Crippen LogP contribution in [-0.4, -0.2) is 32.2 Å². The van der Waals surface area contributed by atoms with E-state index in [0.29, 0.717) is 18.9 Å². The molecule has 0 aromatic heterocycles. The monoisotopic (exact) mass is 262 g/mol. The standard InChI is InChI=1S/C15H22N2O2/c1-11-7-12-5-3-4-6-14(12)17(10-11)15(18)8-13(9-16)19-2/h3-6,11,13H,7-10,16H2,1-2H3. The molecule has 0 aliphatic carbocycles. The van der Waals surface area contributed by atoms with Gasteiger partial charge in [0.15, 0.2) is 0 Å². The smallest absolute Gasteiger partial charge is 0.229 e. The van der Waals surface area contributed by atoms with E-state index in [0.717, 1.165) is 18.7 Å². The number of hydrogen-bond donors (Lipinski definition) is 1. The SMILES string of the molecule is COC(CN)CC(=O)N1CC(C)Cc2ccccc21. The van der Waals surface area contributed by atoms with Gasteiger partial charge in [-0.15, -0.1) is 0 Å². The first-order valence-electron chi connectivity index (χ1n) is 6.76. The number of para-hydroxylation sites is 1. The quantitative estimate of drug-likeness (QED) is 0.896. The number of anilines is 1. The highest BCUT2D eigenvalue weighted by Crippen LogP contribution is 2.30. The van der Waals surface area contributed by atoms with Crippen molar-refractivity contribution in [1.29, 1.82) is 0 Å². The summed E-state index contributed by atoms with van der Waals surface area (Å²) in [4.78, 5) is 14.3. The first-order chi connectivity index (χ1) is 9.15. The number of methoxy groups -OCH3 is 1. The molecule has 1 aliphatic rings. The number of benzene rings is 1. The Labute approximate surface area is 114 Å². The first kappa shape index (κ1) is 14.0. The molecule has 0 spiro atoms. The molecular weight excluding hydrogens is 240 g/mol. The molecule has 1 aromatic rings. The van der Waals surface area contributed by atoms with E-state index >= 15 is 0 Å². The van der Waals surface area contributed by atoms with Crippen molar-refractivity contribution in [2.45, 2.75) is 25.9 Å². The third kappa shape index (κ3) is 3.14. The number of carbonyl (C=O) groups excluding carboxylic acids is 1. The van der Waals surface area contributed by atoms with Gasteiger partial charge in [0.2, 0.25) is 5.91 Å². The zero-order valence-electron chi connectivity index (χ0n) is 11.6. The molecule has 19 heavy (non-hydrogen) atoms. The maximum absolute atomic E-state index is 12.4. The van der Waals surface area contributed by atoms with Crippen LogP contribution in [0.5, 0.6) is 0 Å². The topological polar surface area (TPSA) is 55.6 Å². The summed E-state index contributed by atoms with van der Waals surface area (Å²) in [6.07, 6.45) is 1.18. The van der Waals surface area contributed by atoms with Gasteiger partial charge in [-0.2, -0.15) is 0 Å². The maximum Gasteiger partial charge on any atom is 0.229 e. The van der Waals surface area contributed by atoms with Gasteiger partial charge in [0.1, 0.15) is 0 Å². The molecule has 0 saturated carbocycles. The van der Waals surface area contributed by atoms with Crippen molar-refractivity contribution in [1.82, 2.24) is 0 Å². The van der Waals surface area contributed by atoms with Crippen LogP contribution in [0.1, 0.15) is 18.9 Å². The fraction of sp³-hybridized carbons (Fsp3) is 0.533. The van der Waals surface area contributed by atoms with Crippen LogP contribution in [0.3, 0.4) is 0 Å². The average Bonchev–Trinajstić information content (AvgIpc) is 2.43. The van der Waals surface area contributed by atoms with Gasteiger partial charge < -0.3 is 15.4 Å². The molecule has 2 atom stereocenters. The van der Waals surface area contributed by atoms with Crippen LogP contribution >= 0.6 is 0 Å². The number of fused-ring (bicyclic) bond motifs is 1. The van der Waals surface area contributed by atoms with Crippen molar-refractivity contribution in [3.05, 3.63) is 29.8 Å². The molecule has 0 bridgehead atoms. The van der Waals surface area contributed by atoms with Gasteiger partial charge in [-0.3, -0.25) is 4.79 Å². The van der Waals surface area contributed by atoms with Crippen LogP contribution in [0.2, 0.25) is 0 Å². The predicted octanol–water partition coefficient (Wildman–Crippen LogP) is 1.58. The number of nitrogens with two attached hydrogens (primary N) is 1. The predicted molar refractivity (Wildman–Crippen MR) is 76.1 cm³/mol.